The Hall–Kier alpha value is -2.01. The van der Waals surface area contributed by atoms with E-state index in [2.05, 4.69) is 5.32 Å². The molecule has 5 nitrogen and oxygen atoms in total. The minimum Gasteiger partial charge on any atom is -0.493 e. The van der Waals surface area contributed by atoms with Crippen molar-refractivity contribution in [3.63, 3.8) is 0 Å². The average Bonchev–Trinajstić information content (AvgIpc) is 2.45. The topological polar surface area (TPSA) is 67.8 Å². The van der Waals surface area contributed by atoms with E-state index in [0.717, 1.165) is 5.56 Å². The predicted octanol–water partition coefficient (Wildman–Crippen LogP) is 2.39. The van der Waals surface area contributed by atoms with E-state index in [1.807, 2.05) is 25.1 Å². The van der Waals surface area contributed by atoms with Crippen molar-refractivity contribution < 1.29 is 19.4 Å². The number of hydrogen-bond acceptors (Lipinski definition) is 4. The van der Waals surface area contributed by atoms with Crippen LogP contribution in [0.15, 0.2) is 29.8 Å². The third-order valence-corrected chi connectivity index (χ3v) is 3.08. The monoisotopic (exact) mass is 279 g/mol. The van der Waals surface area contributed by atoms with Crippen molar-refractivity contribution in [2.75, 3.05) is 20.8 Å². The van der Waals surface area contributed by atoms with Crippen LogP contribution in [0.3, 0.4) is 0 Å². The largest absolute Gasteiger partial charge is 0.493 e. The second-order valence-electron chi connectivity index (χ2n) is 4.44. The summed E-state index contributed by atoms with van der Waals surface area (Å²) < 4.78 is 10.4. The molecule has 1 atom stereocenters. The number of carbonyl (C=O) groups is 1. The number of hydrogen-bond donors (Lipinski definition) is 2. The third kappa shape index (κ3) is 4.28. The maximum Gasteiger partial charge on any atom is 0.330 e. The van der Waals surface area contributed by atoms with Gasteiger partial charge in [0, 0.05) is 18.2 Å². The summed E-state index contributed by atoms with van der Waals surface area (Å²) in [5.74, 6) is 0.464. The van der Waals surface area contributed by atoms with Gasteiger partial charge in [0.25, 0.3) is 0 Å². The van der Waals surface area contributed by atoms with Crippen LogP contribution < -0.4 is 14.8 Å². The SMILES string of the molecule is COc1ccc(C(C)NC/C=C(/C)C(=O)O)cc1OC. The van der Waals surface area contributed by atoms with Gasteiger partial charge in [-0.15, -0.1) is 0 Å². The summed E-state index contributed by atoms with van der Waals surface area (Å²) in [7, 11) is 3.19. The molecule has 0 saturated heterocycles. The molecule has 0 radical (unpaired) electrons. The molecule has 0 heterocycles. The molecule has 20 heavy (non-hydrogen) atoms. The third-order valence-electron chi connectivity index (χ3n) is 3.08. The fourth-order valence-corrected chi connectivity index (χ4v) is 1.72. The van der Waals surface area contributed by atoms with Crippen LogP contribution in [0.2, 0.25) is 0 Å². The van der Waals surface area contributed by atoms with Crippen LogP contribution in [0.1, 0.15) is 25.5 Å². The van der Waals surface area contributed by atoms with E-state index in [1.54, 1.807) is 27.2 Å². The molecule has 2 N–H and O–H groups in total. The van der Waals surface area contributed by atoms with Gasteiger partial charge < -0.3 is 19.9 Å². The number of methoxy groups -OCH3 is 2. The molecule has 0 aliphatic heterocycles. The highest BCUT2D eigenvalue weighted by Gasteiger charge is 2.09. The highest BCUT2D eigenvalue weighted by atomic mass is 16.5. The van der Waals surface area contributed by atoms with Crippen molar-refractivity contribution in [3.05, 3.63) is 35.4 Å². The molecule has 0 fully saturated rings. The van der Waals surface area contributed by atoms with Gasteiger partial charge in [-0.1, -0.05) is 12.1 Å². The lowest BCUT2D eigenvalue weighted by atomic mass is 10.1. The van der Waals surface area contributed by atoms with Crippen LogP contribution in [0.25, 0.3) is 0 Å². The molecule has 0 bridgehead atoms. The summed E-state index contributed by atoms with van der Waals surface area (Å²) in [6.45, 7) is 4.07. The molecular formula is C15H21NO4. The lowest BCUT2D eigenvalue weighted by molar-refractivity contribution is -0.132. The Bertz CT molecular complexity index is 497. The van der Waals surface area contributed by atoms with Crippen molar-refractivity contribution in [1.82, 2.24) is 5.32 Å². The Morgan fingerprint density at radius 1 is 1.35 bits per heavy atom. The second kappa shape index (κ2) is 7.55. The first-order valence-corrected chi connectivity index (χ1v) is 6.35. The van der Waals surface area contributed by atoms with Crippen molar-refractivity contribution >= 4 is 5.97 Å². The Kier molecular flexibility index (Phi) is 6.06. The van der Waals surface area contributed by atoms with Crippen LogP contribution in [0, 0.1) is 0 Å². The van der Waals surface area contributed by atoms with Crippen LogP contribution in [0.4, 0.5) is 0 Å². The Balaban J connectivity index is 2.70. The number of aliphatic carboxylic acids is 1. The number of rotatable bonds is 7. The van der Waals surface area contributed by atoms with Gasteiger partial charge >= 0.3 is 5.97 Å². The van der Waals surface area contributed by atoms with Crippen LogP contribution in [-0.4, -0.2) is 31.8 Å². The van der Waals surface area contributed by atoms with Crippen LogP contribution in [-0.2, 0) is 4.79 Å². The quantitative estimate of drug-likeness (QED) is 0.750. The van der Waals surface area contributed by atoms with Crippen molar-refractivity contribution in [1.29, 1.82) is 0 Å². The molecule has 0 aliphatic carbocycles. The summed E-state index contributed by atoms with van der Waals surface area (Å²) in [4.78, 5) is 10.7. The van der Waals surface area contributed by atoms with Crippen molar-refractivity contribution in [2.24, 2.45) is 0 Å². The molecule has 1 rings (SSSR count). The Labute approximate surface area is 119 Å². The maximum absolute atomic E-state index is 10.7. The van der Waals surface area contributed by atoms with Crippen molar-refractivity contribution in [3.8, 4) is 11.5 Å². The number of carboxylic acids is 1. The fraction of sp³-hybridized carbons (Fsp3) is 0.400. The number of benzene rings is 1. The highest BCUT2D eigenvalue weighted by Crippen LogP contribution is 2.29. The van der Waals surface area contributed by atoms with Gasteiger partial charge in [0.15, 0.2) is 11.5 Å². The standard InChI is InChI=1S/C15H21NO4/c1-10(15(17)18)7-8-16-11(2)12-5-6-13(19-3)14(9-12)20-4/h5-7,9,11,16H,8H2,1-4H3,(H,17,18)/b10-7-. The first-order chi connectivity index (χ1) is 9.49. The van der Waals surface area contributed by atoms with Crippen molar-refractivity contribution in [2.45, 2.75) is 19.9 Å². The molecule has 0 spiro atoms. The van der Waals surface area contributed by atoms with Gasteiger partial charge in [-0.3, -0.25) is 0 Å². The minimum absolute atomic E-state index is 0.0765. The number of carboxylic acid groups (broad SMARTS) is 1. The molecule has 0 amide bonds. The maximum atomic E-state index is 10.7. The van der Waals surface area contributed by atoms with E-state index in [0.29, 0.717) is 23.6 Å². The molecule has 110 valence electrons. The van der Waals surface area contributed by atoms with E-state index in [-0.39, 0.29) is 6.04 Å². The van der Waals surface area contributed by atoms with E-state index >= 15 is 0 Å². The molecule has 0 saturated carbocycles. The molecule has 5 heteroatoms. The normalized spacial score (nSPS) is 12.9. The zero-order chi connectivity index (χ0) is 15.1. The average molecular weight is 279 g/mol. The van der Waals surface area contributed by atoms with E-state index < -0.39 is 5.97 Å². The van der Waals surface area contributed by atoms with Gasteiger partial charge in [-0.05, 0) is 31.5 Å². The summed E-state index contributed by atoms with van der Waals surface area (Å²) >= 11 is 0. The van der Waals surface area contributed by atoms with E-state index in [4.69, 9.17) is 14.6 Å². The summed E-state index contributed by atoms with van der Waals surface area (Å²) in [5.41, 5.74) is 1.38. The van der Waals surface area contributed by atoms with Gasteiger partial charge in [0.05, 0.1) is 14.2 Å². The fourth-order valence-electron chi connectivity index (χ4n) is 1.72. The Morgan fingerprint density at radius 2 is 2.00 bits per heavy atom. The first-order valence-electron chi connectivity index (χ1n) is 6.35. The molecule has 0 aromatic heterocycles. The highest BCUT2D eigenvalue weighted by molar-refractivity contribution is 5.85. The lowest BCUT2D eigenvalue weighted by Gasteiger charge is -2.15. The summed E-state index contributed by atoms with van der Waals surface area (Å²) in [6.07, 6.45) is 1.65. The van der Waals surface area contributed by atoms with Crippen LogP contribution in [0.5, 0.6) is 11.5 Å². The molecule has 1 aromatic carbocycles. The first kappa shape index (κ1) is 16.0. The van der Waals surface area contributed by atoms with Gasteiger partial charge in [-0.25, -0.2) is 4.79 Å². The molecule has 0 aliphatic rings. The Morgan fingerprint density at radius 3 is 2.55 bits per heavy atom. The van der Waals surface area contributed by atoms with E-state index in [9.17, 15) is 4.79 Å². The van der Waals surface area contributed by atoms with Gasteiger partial charge in [0.2, 0.25) is 0 Å². The molecule has 1 unspecified atom stereocenters. The number of nitrogens with one attached hydrogen (secondary N) is 1. The van der Waals surface area contributed by atoms with Crippen LogP contribution >= 0.6 is 0 Å². The predicted molar refractivity (Wildman–Crippen MR) is 77.4 cm³/mol. The second-order valence-corrected chi connectivity index (χ2v) is 4.44. The minimum atomic E-state index is -0.898. The van der Waals surface area contributed by atoms with Gasteiger partial charge in [0.1, 0.15) is 0 Å². The zero-order valence-corrected chi connectivity index (χ0v) is 12.3. The summed E-state index contributed by atoms with van der Waals surface area (Å²) in [5, 5.41) is 12.0. The number of ether oxygens (including phenoxy) is 2. The lowest BCUT2D eigenvalue weighted by Crippen LogP contribution is -2.19. The van der Waals surface area contributed by atoms with Gasteiger partial charge in [-0.2, -0.15) is 0 Å². The summed E-state index contributed by atoms with van der Waals surface area (Å²) in [6, 6.07) is 5.79. The van der Waals surface area contributed by atoms with E-state index in [1.165, 1.54) is 0 Å². The zero-order valence-electron chi connectivity index (χ0n) is 12.3. The smallest absolute Gasteiger partial charge is 0.330 e. The molecule has 1 aromatic rings. The molecular weight excluding hydrogens is 258 g/mol.